The fourth-order valence-electron chi connectivity index (χ4n) is 1.78. The molecule has 0 radical (unpaired) electrons. The molecule has 2 rings (SSSR count). The van der Waals surface area contributed by atoms with E-state index in [1.807, 2.05) is 38.1 Å². The normalized spacial score (nSPS) is 10.7. The van der Waals surface area contributed by atoms with Gasteiger partial charge in [0, 0.05) is 5.92 Å². The van der Waals surface area contributed by atoms with Crippen molar-refractivity contribution in [2.45, 2.75) is 39.5 Å². The van der Waals surface area contributed by atoms with Crippen LogP contribution in [0.1, 0.15) is 43.7 Å². The van der Waals surface area contributed by atoms with E-state index in [4.69, 9.17) is 4.74 Å². The highest BCUT2D eigenvalue weighted by Crippen LogP contribution is 2.22. The summed E-state index contributed by atoms with van der Waals surface area (Å²) in [6.07, 6.45) is 1.29. The summed E-state index contributed by atoms with van der Waals surface area (Å²) in [5.41, 5.74) is 1.27. The molecule has 0 aliphatic carbocycles. The van der Waals surface area contributed by atoms with Crippen LogP contribution in [0.2, 0.25) is 0 Å². The predicted octanol–water partition coefficient (Wildman–Crippen LogP) is 3.63. The maximum atomic E-state index is 11.8. The van der Waals surface area contributed by atoms with Gasteiger partial charge in [-0.05, 0) is 24.1 Å². The summed E-state index contributed by atoms with van der Waals surface area (Å²) in [6, 6.07) is 7.92. The van der Waals surface area contributed by atoms with E-state index in [2.05, 4.69) is 22.4 Å². The van der Waals surface area contributed by atoms with Crippen LogP contribution < -0.4 is 10.1 Å². The molecule has 6 heteroatoms. The maximum absolute atomic E-state index is 11.8. The first kappa shape index (κ1) is 16.4. The third-order valence-corrected chi connectivity index (χ3v) is 4.25. The Bertz CT molecular complexity index is 608. The summed E-state index contributed by atoms with van der Waals surface area (Å²) in [5, 5.41) is 12.2. The zero-order valence-corrected chi connectivity index (χ0v) is 13.9. The van der Waals surface area contributed by atoms with Crippen molar-refractivity contribution in [1.29, 1.82) is 0 Å². The number of nitrogens with one attached hydrogen (secondary N) is 1. The number of hydrogen-bond acceptors (Lipinski definition) is 5. The second kappa shape index (κ2) is 7.89. The number of aromatic nitrogens is 2. The molecule has 0 atom stereocenters. The van der Waals surface area contributed by atoms with E-state index in [9.17, 15) is 4.79 Å². The summed E-state index contributed by atoms with van der Waals surface area (Å²) in [4.78, 5) is 11.8. The molecule has 1 heterocycles. The number of rotatable bonds is 7. The average Bonchev–Trinajstić information content (AvgIpc) is 2.96. The molecule has 1 aromatic heterocycles. The van der Waals surface area contributed by atoms with Crippen molar-refractivity contribution >= 4 is 22.4 Å². The molecule has 1 aromatic carbocycles. The van der Waals surface area contributed by atoms with Crippen LogP contribution in [-0.4, -0.2) is 22.7 Å². The number of aryl methyl sites for hydroxylation is 1. The molecule has 0 unspecified atom stereocenters. The van der Waals surface area contributed by atoms with Crippen molar-refractivity contribution in [3.05, 3.63) is 34.8 Å². The molecule has 1 amide bonds. The molecular formula is C16H21N3O2S. The minimum absolute atomic E-state index is 0.114. The first-order valence-electron chi connectivity index (χ1n) is 7.43. The smallest absolute Gasteiger partial charge is 0.229 e. The van der Waals surface area contributed by atoms with Crippen LogP contribution in [0.15, 0.2) is 24.3 Å². The largest absolute Gasteiger partial charge is 0.493 e. The standard InChI is InChI=1S/C16H21N3O2S/c1-4-12-5-7-13(8-6-12)21-10-9-14(20)17-16-19-18-15(22-16)11(2)3/h5-8,11H,4,9-10H2,1-3H3,(H,17,19,20). The molecule has 0 saturated heterocycles. The Morgan fingerprint density at radius 2 is 2.00 bits per heavy atom. The van der Waals surface area contributed by atoms with E-state index in [1.165, 1.54) is 16.9 Å². The lowest BCUT2D eigenvalue weighted by atomic mass is 10.2. The number of anilines is 1. The topological polar surface area (TPSA) is 64.1 Å². The zero-order valence-electron chi connectivity index (χ0n) is 13.1. The van der Waals surface area contributed by atoms with Gasteiger partial charge in [0.1, 0.15) is 10.8 Å². The van der Waals surface area contributed by atoms with Gasteiger partial charge in [-0.2, -0.15) is 0 Å². The second-order valence-corrected chi connectivity index (χ2v) is 6.25. The van der Waals surface area contributed by atoms with Gasteiger partial charge in [0.05, 0.1) is 13.0 Å². The number of amides is 1. The minimum Gasteiger partial charge on any atom is -0.493 e. The van der Waals surface area contributed by atoms with Gasteiger partial charge in [-0.25, -0.2) is 0 Å². The van der Waals surface area contributed by atoms with Crippen LogP contribution >= 0.6 is 11.3 Å². The molecule has 22 heavy (non-hydrogen) atoms. The lowest BCUT2D eigenvalue weighted by Crippen LogP contribution is -2.15. The van der Waals surface area contributed by atoms with E-state index in [1.54, 1.807) is 0 Å². The first-order chi connectivity index (χ1) is 10.6. The van der Waals surface area contributed by atoms with E-state index < -0.39 is 0 Å². The molecule has 0 spiro atoms. The number of hydrogen-bond donors (Lipinski definition) is 1. The number of nitrogens with zero attached hydrogens (tertiary/aromatic N) is 2. The van der Waals surface area contributed by atoms with E-state index in [-0.39, 0.29) is 12.3 Å². The van der Waals surface area contributed by atoms with Crippen LogP contribution in [0.25, 0.3) is 0 Å². The molecular weight excluding hydrogens is 298 g/mol. The van der Waals surface area contributed by atoms with Crippen molar-refractivity contribution in [2.24, 2.45) is 0 Å². The highest BCUT2D eigenvalue weighted by molar-refractivity contribution is 7.15. The van der Waals surface area contributed by atoms with E-state index >= 15 is 0 Å². The Morgan fingerprint density at radius 1 is 1.27 bits per heavy atom. The number of ether oxygens (including phenoxy) is 1. The molecule has 0 bridgehead atoms. The van der Waals surface area contributed by atoms with Crippen molar-refractivity contribution < 1.29 is 9.53 Å². The van der Waals surface area contributed by atoms with E-state index in [0.717, 1.165) is 17.2 Å². The quantitative estimate of drug-likeness (QED) is 0.846. The lowest BCUT2D eigenvalue weighted by molar-refractivity contribution is -0.116. The van der Waals surface area contributed by atoms with Crippen molar-refractivity contribution in [3.8, 4) is 5.75 Å². The Balaban J connectivity index is 1.74. The summed E-state index contributed by atoms with van der Waals surface area (Å²) in [7, 11) is 0. The number of carbonyl (C=O) groups is 1. The highest BCUT2D eigenvalue weighted by Gasteiger charge is 2.10. The number of carbonyl (C=O) groups excluding carboxylic acids is 1. The molecule has 0 aliphatic rings. The zero-order chi connectivity index (χ0) is 15.9. The lowest BCUT2D eigenvalue weighted by Gasteiger charge is -2.06. The highest BCUT2D eigenvalue weighted by atomic mass is 32.1. The minimum atomic E-state index is -0.114. The van der Waals surface area contributed by atoms with Gasteiger partial charge in [0.25, 0.3) is 0 Å². The monoisotopic (exact) mass is 319 g/mol. The van der Waals surface area contributed by atoms with Gasteiger partial charge in [-0.15, -0.1) is 10.2 Å². The van der Waals surface area contributed by atoms with Gasteiger partial charge in [0.2, 0.25) is 11.0 Å². The maximum Gasteiger partial charge on any atom is 0.229 e. The molecule has 0 saturated carbocycles. The van der Waals surface area contributed by atoms with E-state index in [0.29, 0.717) is 17.7 Å². The van der Waals surface area contributed by atoms with Crippen molar-refractivity contribution in [1.82, 2.24) is 10.2 Å². The molecule has 2 aromatic rings. The summed E-state index contributed by atoms with van der Waals surface area (Å²) >= 11 is 1.41. The van der Waals surface area contributed by atoms with Gasteiger partial charge in [0.15, 0.2) is 0 Å². The van der Waals surface area contributed by atoms with Crippen LogP contribution in [0.4, 0.5) is 5.13 Å². The SMILES string of the molecule is CCc1ccc(OCCC(=O)Nc2nnc(C(C)C)s2)cc1. The number of benzene rings is 1. The van der Waals surface area contributed by atoms with Crippen molar-refractivity contribution in [3.63, 3.8) is 0 Å². The molecule has 0 aliphatic heterocycles. The summed E-state index contributed by atoms with van der Waals surface area (Å²) in [6.45, 7) is 6.54. The summed E-state index contributed by atoms with van der Waals surface area (Å²) < 4.78 is 5.56. The van der Waals surface area contributed by atoms with Crippen LogP contribution in [0.5, 0.6) is 5.75 Å². The van der Waals surface area contributed by atoms with Gasteiger partial charge in [-0.1, -0.05) is 44.2 Å². The predicted molar refractivity (Wildman–Crippen MR) is 88.6 cm³/mol. The Labute approximate surface area is 134 Å². The summed E-state index contributed by atoms with van der Waals surface area (Å²) in [5.74, 6) is 0.984. The van der Waals surface area contributed by atoms with Crippen LogP contribution in [-0.2, 0) is 11.2 Å². The molecule has 1 N–H and O–H groups in total. The Kier molecular flexibility index (Phi) is 5.89. The van der Waals surface area contributed by atoms with Crippen LogP contribution in [0, 0.1) is 0 Å². The molecule has 5 nitrogen and oxygen atoms in total. The molecule has 0 fully saturated rings. The van der Waals surface area contributed by atoms with Gasteiger partial charge in [-0.3, -0.25) is 4.79 Å². The fourth-order valence-corrected chi connectivity index (χ4v) is 2.55. The first-order valence-corrected chi connectivity index (χ1v) is 8.25. The third kappa shape index (κ3) is 4.80. The Hall–Kier alpha value is -1.95. The Morgan fingerprint density at radius 3 is 2.59 bits per heavy atom. The molecule has 118 valence electrons. The second-order valence-electron chi connectivity index (χ2n) is 5.24. The fraction of sp³-hybridized carbons (Fsp3) is 0.438. The van der Waals surface area contributed by atoms with Gasteiger partial charge < -0.3 is 10.1 Å². The average molecular weight is 319 g/mol. The van der Waals surface area contributed by atoms with Crippen molar-refractivity contribution in [2.75, 3.05) is 11.9 Å². The van der Waals surface area contributed by atoms with Gasteiger partial charge >= 0.3 is 0 Å². The van der Waals surface area contributed by atoms with Crippen LogP contribution in [0.3, 0.4) is 0 Å². The third-order valence-electron chi connectivity index (χ3n) is 3.11.